The lowest BCUT2D eigenvalue weighted by Gasteiger charge is -2.02. The van der Waals surface area contributed by atoms with Crippen molar-refractivity contribution >= 4 is 21.6 Å². The van der Waals surface area contributed by atoms with Crippen LogP contribution in [0.25, 0.3) is 0 Å². The van der Waals surface area contributed by atoms with Gasteiger partial charge in [-0.1, -0.05) is 11.8 Å². The van der Waals surface area contributed by atoms with Crippen molar-refractivity contribution in [1.29, 1.82) is 0 Å². The summed E-state index contributed by atoms with van der Waals surface area (Å²) in [6.45, 7) is 1.42. The van der Waals surface area contributed by atoms with Gasteiger partial charge in [0.15, 0.2) is 0 Å². The average Bonchev–Trinajstić information content (AvgIpc) is 2.53. The second-order valence-corrected chi connectivity index (χ2v) is 6.34. The summed E-state index contributed by atoms with van der Waals surface area (Å²) < 4.78 is 26.2. The summed E-state index contributed by atoms with van der Waals surface area (Å²) >= 11 is 0. The molecule has 0 saturated carbocycles. The highest BCUT2D eigenvalue weighted by Crippen LogP contribution is 2.08. The molecule has 23 heavy (non-hydrogen) atoms. The number of aromatic nitrogens is 1. The van der Waals surface area contributed by atoms with Crippen molar-refractivity contribution < 1.29 is 13.2 Å². The predicted octanol–water partition coefficient (Wildman–Crippen LogP) is 1.37. The predicted molar refractivity (Wildman–Crippen MR) is 87.0 cm³/mol. The molecule has 0 aliphatic rings. The van der Waals surface area contributed by atoms with Crippen LogP contribution in [0.2, 0.25) is 0 Å². The molecule has 118 valence electrons. The van der Waals surface area contributed by atoms with Crippen LogP contribution in [0.1, 0.15) is 12.5 Å². The zero-order valence-electron chi connectivity index (χ0n) is 12.4. The second-order valence-electron chi connectivity index (χ2n) is 4.57. The summed E-state index contributed by atoms with van der Waals surface area (Å²) in [6, 6.07) is 9.96. The molecule has 0 bridgehead atoms. The van der Waals surface area contributed by atoms with Gasteiger partial charge in [-0.3, -0.25) is 9.78 Å². The fraction of sp³-hybridized carbons (Fsp3) is 0.125. The number of nitrogens with zero attached hydrogens (tertiary/aromatic N) is 1. The molecule has 0 atom stereocenters. The van der Waals surface area contributed by atoms with E-state index in [4.69, 9.17) is 0 Å². The maximum absolute atomic E-state index is 11.9. The minimum Gasteiger partial charge on any atom is -0.326 e. The molecule has 0 spiro atoms. The van der Waals surface area contributed by atoms with Gasteiger partial charge >= 0.3 is 0 Å². The summed E-state index contributed by atoms with van der Waals surface area (Å²) in [5.41, 5.74) is 1.40. The molecule has 6 nitrogen and oxygen atoms in total. The number of sulfonamides is 1. The van der Waals surface area contributed by atoms with Crippen LogP contribution in [0.15, 0.2) is 53.7 Å². The average molecular weight is 329 g/mol. The first kappa shape index (κ1) is 16.7. The Balaban J connectivity index is 1.94. The second kappa shape index (κ2) is 7.54. The summed E-state index contributed by atoms with van der Waals surface area (Å²) in [4.78, 5) is 14.8. The molecule has 2 N–H and O–H groups in total. The molecule has 0 aliphatic heterocycles. The maximum Gasteiger partial charge on any atom is 0.242 e. The number of rotatable bonds is 4. The smallest absolute Gasteiger partial charge is 0.242 e. The molecule has 2 rings (SSSR count). The molecule has 1 aromatic heterocycles. The highest BCUT2D eigenvalue weighted by molar-refractivity contribution is 7.89. The van der Waals surface area contributed by atoms with Gasteiger partial charge in [0, 0.05) is 30.6 Å². The zero-order chi connectivity index (χ0) is 16.7. The van der Waals surface area contributed by atoms with Crippen molar-refractivity contribution in [2.45, 2.75) is 11.8 Å². The number of hydrogen-bond donors (Lipinski definition) is 2. The standard InChI is InChI=1S/C16H15N3O3S/c1-13(20)19-15-8-6-14(7-9-15)4-2-11-18-23(21,22)16-5-3-10-17-12-16/h3,5-10,12,18H,11H2,1H3,(H,19,20). The third-order valence-electron chi connectivity index (χ3n) is 2.73. The summed E-state index contributed by atoms with van der Waals surface area (Å²) in [5.74, 6) is 5.44. The van der Waals surface area contributed by atoms with Crippen molar-refractivity contribution in [3.8, 4) is 11.8 Å². The van der Waals surface area contributed by atoms with Crippen molar-refractivity contribution in [3.05, 3.63) is 54.4 Å². The lowest BCUT2D eigenvalue weighted by Crippen LogP contribution is -2.24. The topological polar surface area (TPSA) is 88.2 Å². The van der Waals surface area contributed by atoms with Crippen LogP contribution in [0.4, 0.5) is 5.69 Å². The van der Waals surface area contributed by atoms with Crippen LogP contribution in [0.3, 0.4) is 0 Å². The minimum absolute atomic E-state index is 0.00925. The van der Waals surface area contributed by atoms with Gasteiger partial charge in [0.05, 0.1) is 6.54 Å². The van der Waals surface area contributed by atoms with E-state index >= 15 is 0 Å². The Morgan fingerprint density at radius 3 is 2.57 bits per heavy atom. The SMILES string of the molecule is CC(=O)Nc1ccc(C#CCNS(=O)(=O)c2cccnc2)cc1. The molecule has 2 aromatic rings. The van der Waals surface area contributed by atoms with E-state index in [0.29, 0.717) is 5.69 Å². The molecule has 1 heterocycles. The monoisotopic (exact) mass is 329 g/mol. The quantitative estimate of drug-likeness (QED) is 0.829. The largest absolute Gasteiger partial charge is 0.326 e. The number of anilines is 1. The number of benzene rings is 1. The summed E-state index contributed by atoms with van der Waals surface area (Å²) in [6.07, 6.45) is 2.78. The third-order valence-corrected chi connectivity index (χ3v) is 4.12. The van der Waals surface area contributed by atoms with Crippen LogP contribution in [-0.4, -0.2) is 25.9 Å². The van der Waals surface area contributed by atoms with E-state index in [1.807, 2.05) is 0 Å². The fourth-order valence-electron chi connectivity index (χ4n) is 1.71. The van der Waals surface area contributed by atoms with Crippen LogP contribution < -0.4 is 10.0 Å². The zero-order valence-corrected chi connectivity index (χ0v) is 13.2. The van der Waals surface area contributed by atoms with E-state index in [2.05, 4.69) is 26.9 Å². The molecular weight excluding hydrogens is 314 g/mol. The minimum atomic E-state index is -3.60. The number of amides is 1. The van der Waals surface area contributed by atoms with Crippen molar-refractivity contribution in [1.82, 2.24) is 9.71 Å². The van der Waals surface area contributed by atoms with Gasteiger partial charge in [0.1, 0.15) is 4.90 Å². The van der Waals surface area contributed by atoms with Gasteiger partial charge in [-0.15, -0.1) is 0 Å². The van der Waals surface area contributed by atoms with Crippen LogP contribution in [-0.2, 0) is 14.8 Å². The van der Waals surface area contributed by atoms with Crippen LogP contribution in [0.5, 0.6) is 0 Å². The van der Waals surface area contributed by atoms with Gasteiger partial charge < -0.3 is 5.32 Å². The molecule has 0 saturated heterocycles. The molecule has 0 radical (unpaired) electrons. The van der Waals surface area contributed by atoms with Crippen molar-refractivity contribution in [2.24, 2.45) is 0 Å². The van der Waals surface area contributed by atoms with Crippen molar-refractivity contribution in [2.75, 3.05) is 11.9 Å². The lowest BCUT2D eigenvalue weighted by atomic mass is 10.2. The molecule has 0 aliphatic carbocycles. The van der Waals surface area contributed by atoms with E-state index in [1.165, 1.54) is 25.4 Å². The molecule has 7 heteroatoms. The van der Waals surface area contributed by atoms with Crippen LogP contribution in [0, 0.1) is 11.8 Å². The van der Waals surface area contributed by atoms with E-state index < -0.39 is 10.0 Å². The number of carbonyl (C=O) groups excluding carboxylic acids is 1. The Bertz CT molecular complexity index is 836. The number of nitrogens with one attached hydrogen (secondary N) is 2. The third kappa shape index (κ3) is 5.21. The Kier molecular flexibility index (Phi) is 5.46. The van der Waals surface area contributed by atoms with Gasteiger partial charge in [0.25, 0.3) is 0 Å². The Morgan fingerprint density at radius 1 is 1.22 bits per heavy atom. The number of pyridine rings is 1. The molecule has 1 aromatic carbocycles. The fourth-order valence-corrected chi connectivity index (χ4v) is 2.59. The van der Waals surface area contributed by atoms with E-state index in [-0.39, 0.29) is 17.3 Å². The first-order chi connectivity index (χ1) is 11.0. The van der Waals surface area contributed by atoms with Gasteiger partial charge in [-0.2, -0.15) is 4.72 Å². The first-order valence-corrected chi connectivity index (χ1v) is 8.22. The maximum atomic E-state index is 11.9. The lowest BCUT2D eigenvalue weighted by molar-refractivity contribution is -0.114. The van der Waals surface area contributed by atoms with Gasteiger partial charge in [0.2, 0.25) is 15.9 Å². The van der Waals surface area contributed by atoms with Gasteiger partial charge in [-0.25, -0.2) is 8.42 Å². The van der Waals surface area contributed by atoms with Crippen molar-refractivity contribution in [3.63, 3.8) is 0 Å². The Labute approximate surface area is 135 Å². The van der Waals surface area contributed by atoms with Crippen LogP contribution >= 0.6 is 0 Å². The van der Waals surface area contributed by atoms with Gasteiger partial charge in [-0.05, 0) is 36.4 Å². The number of carbonyl (C=O) groups is 1. The molecule has 0 unspecified atom stereocenters. The molecular formula is C16H15N3O3S. The highest BCUT2D eigenvalue weighted by atomic mass is 32.2. The normalized spacial score (nSPS) is 10.5. The summed E-state index contributed by atoms with van der Waals surface area (Å²) in [5, 5.41) is 2.65. The Morgan fingerprint density at radius 2 is 1.96 bits per heavy atom. The Hall–Kier alpha value is -2.69. The first-order valence-electron chi connectivity index (χ1n) is 6.73. The van der Waals surface area contributed by atoms with E-state index in [9.17, 15) is 13.2 Å². The molecule has 0 fully saturated rings. The highest BCUT2D eigenvalue weighted by Gasteiger charge is 2.11. The van der Waals surface area contributed by atoms with E-state index in [1.54, 1.807) is 30.3 Å². The number of hydrogen-bond acceptors (Lipinski definition) is 4. The summed E-state index contributed by atoms with van der Waals surface area (Å²) in [7, 11) is -3.60. The van der Waals surface area contributed by atoms with E-state index in [0.717, 1.165) is 5.56 Å². The molecule has 1 amide bonds.